The molecule has 4 aliphatic rings. The van der Waals surface area contributed by atoms with E-state index in [0.717, 1.165) is 81.0 Å². The van der Waals surface area contributed by atoms with Gasteiger partial charge in [-0.05, 0) is 68.5 Å². The van der Waals surface area contributed by atoms with Gasteiger partial charge in [-0.1, -0.05) is 0 Å². The van der Waals surface area contributed by atoms with Crippen LogP contribution in [0.3, 0.4) is 0 Å². The molecule has 2 atom stereocenters. The van der Waals surface area contributed by atoms with Crippen LogP contribution in [0.1, 0.15) is 64.4 Å². The van der Waals surface area contributed by atoms with E-state index in [9.17, 15) is 42.3 Å². The van der Waals surface area contributed by atoms with Gasteiger partial charge in [-0.3, -0.25) is 43.8 Å². The van der Waals surface area contributed by atoms with Crippen LogP contribution in [0.2, 0.25) is 0 Å². The van der Waals surface area contributed by atoms with Crippen molar-refractivity contribution < 1.29 is 42.3 Å². The predicted octanol–water partition coefficient (Wildman–Crippen LogP) is 2.60. The summed E-state index contributed by atoms with van der Waals surface area (Å²) >= 11 is 0. The number of aliphatic hydroxyl groups is 1. The van der Waals surface area contributed by atoms with Gasteiger partial charge in [-0.2, -0.15) is 23.5 Å². The largest absolute Gasteiger partial charge is 0.417 e. The lowest BCUT2D eigenvalue weighted by Gasteiger charge is -2.40. The van der Waals surface area contributed by atoms with E-state index >= 15 is 0 Å². The molecular weight excluding hydrogens is 735 g/mol. The second-order valence-electron chi connectivity index (χ2n) is 14.9. The zero-order chi connectivity index (χ0) is 39.9. The fourth-order valence-corrected chi connectivity index (χ4v) is 7.79. The Bertz CT molecular complexity index is 2110. The number of benzene rings is 2. The fraction of sp³-hybridized carbons (Fsp3) is 0.447. The zero-order valence-corrected chi connectivity index (χ0v) is 30.5. The van der Waals surface area contributed by atoms with Crippen molar-refractivity contribution in [2.24, 2.45) is 5.92 Å². The number of rotatable bonds is 9. The normalized spacial score (nSPS) is 20.8. The number of piperazine rings is 1. The van der Waals surface area contributed by atoms with E-state index in [1.165, 1.54) is 23.7 Å². The molecule has 1 aromatic heterocycles. The number of anilines is 3. The molecule has 3 aromatic rings. The third-order valence-electron chi connectivity index (χ3n) is 10.9. The van der Waals surface area contributed by atoms with E-state index in [2.05, 4.69) is 30.4 Å². The van der Waals surface area contributed by atoms with Gasteiger partial charge < -0.3 is 20.2 Å². The van der Waals surface area contributed by atoms with Gasteiger partial charge in [0.05, 0.1) is 46.8 Å². The molecule has 5 heterocycles. The number of carbonyl (C=O) groups excluding carboxylic acids is 5. The van der Waals surface area contributed by atoms with Crippen LogP contribution in [0, 0.1) is 17.2 Å². The van der Waals surface area contributed by atoms with E-state index in [1.807, 2.05) is 6.07 Å². The first-order valence-electron chi connectivity index (χ1n) is 18.4. The average molecular weight is 776 g/mol. The van der Waals surface area contributed by atoms with E-state index in [4.69, 9.17) is 5.26 Å². The Morgan fingerprint density at radius 2 is 1.64 bits per heavy atom. The predicted molar refractivity (Wildman–Crippen MR) is 194 cm³/mol. The molecule has 56 heavy (non-hydrogen) atoms. The van der Waals surface area contributed by atoms with E-state index < -0.39 is 58.5 Å². The van der Waals surface area contributed by atoms with Gasteiger partial charge in [0.2, 0.25) is 11.8 Å². The fourth-order valence-electron chi connectivity index (χ4n) is 7.79. The highest BCUT2D eigenvalue weighted by Gasteiger charge is 2.45. The third-order valence-corrected chi connectivity index (χ3v) is 10.9. The smallest absolute Gasteiger partial charge is 0.378 e. The van der Waals surface area contributed by atoms with Crippen molar-refractivity contribution in [3.8, 4) is 6.07 Å². The number of nitrogens with one attached hydrogen (secondary N) is 2. The number of hydrogen-bond acceptors (Lipinski definition) is 11. The summed E-state index contributed by atoms with van der Waals surface area (Å²) < 4.78 is 41.5. The highest BCUT2D eigenvalue weighted by molar-refractivity contribution is 6.23. The molecule has 15 nitrogen and oxygen atoms in total. The molecule has 294 valence electrons. The molecule has 2 aromatic carbocycles. The van der Waals surface area contributed by atoms with Gasteiger partial charge >= 0.3 is 6.18 Å². The highest BCUT2D eigenvalue weighted by Crippen LogP contribution is 2.34. The second-order valence-corrected chi connectivity index (χ2v) is 14.9. The molecule has 3 saturated heterocycles. The van der Waals surface area contributed by atoms with Crippen LogP contribution in [0.25, 0.3) is 0 Å². The van der Waals surface area contributed by atoms with Gasteiger partial charge in [-0.25, -0.2) is 0 Å². The molecule has 0 saturated carbocycles. The zero-order valence-electron chi connectivity index (χ0n) is 30.5. The number of imide groups is 2. The number of hydrogen-bond donors (Lipinski definition) is 3. The highest BCUT2D eigenvalue weighted by atomic mass is 19.4. The molecule has 18 heteroatoms. The molecule has 4 aliphatic heterocycles. The molecular formula is C38H40F3N9O6. The number of piperidine rings is 2. The number of alkyl halides is 3. The summed E-state index contributed by atoms with van der Waals surface area (Å²) in [6.07, 6.45) is 0.637. The van der Waals surface area contributed by atoms with Gasteiger partial charge in [0, 0.05) is 69.8 Å². The topological polar surface area (TPSA) is 184 Å². The molecule has 0 aliphatic carbocycles. The van der Waals surface area contributed by atoms with Crippen molar-refractivity contribution in [1.29, 1.82) is 5.26 Å². The Morgan fingerprint density at radius 3 is 2.32 bits per heavy atom. The number of nitriles is 1. The lowest BCUT2D eigenvalue weighted by atomic mass is 9.95. The van der Waals surface area contributed by atoms with Gasteiger partial charge in [-0.15, -0.1) is 0 Å². The summed E-state index contributed by atoms with van der Waals surface area (Å²) in [4.78, 5) is 71.0. The second kappa shape index (κ2) is 15.0. The van der Waals surface area contributed by atoms with E-state index in [1.54, 1.807) is 24.5 Å². The maximum absolute atomic E-state index is 13.4. The Balaban J connectivity index is 0.869. The Labute approximate surface area is 319 Å². The minimum Gasteiger partial charge on any atom is -0.378 e. The van der Waals surface area contributed by atoms with Crippen LogP contribution in [0.5, 0.6) is 0 Å². The first kappa shape index (κ1) is 38.5. The third kappa shape index (κ3) is 7.82. The van der Waals surface area contributed by atoms with Crippen molar-refractivity contribution in [2.45, 2.75) is 57.0 Å². The first-order chi connectivity index (χ1) is 26.6. The minimum atomic E-state index is -4.79. The molecule has 0 spiro atoms. The van der Waals surface area contributed by atoms with Gasteiger partial charge in [0.1, 0.15) is 6.04 Å². The van der Waals surface area contributed by atoms with Crippen molar-refractivity contribution in [1.82, 2.24) is 24.9 Å². The lowest BCUT2D eigenvalue weighted by Crippen LogP contribution is -2.54. The summed E-state index contributed by atoms with van der Waals surface area (Å²) in [5.41, 5.74) is -1.81. The Hall–Kier alpha value is -5.80. The SMILES string of the molecule is CC(O)(Cn1cc(N2CCC(CN3CCN(c4ccc5c(c4)C(=O)N(C4CCC(=O)NC4=O)C5=O)CC3)CC2)cn1)C(=O)Nc1ccc(C#N)c(C(F)(F)F)c1. The molecule has 0 radical (unpaired) electrons. The number of carbonyl (C=O) groups is 5. The molecule has 3 N–H and O–H groups in total. The average Bonchev–Trinajstić information content (AvgIpc) is 3.72. The van der Waals surface area contributed by atoms with Crippen LogP contribution in [-0.4, -0.2) is 112 Å². The Kier molecular flexibility index (Phi) is 10.3. The van der Waals surface area contributed by atoms with Crippen molar-refractivity contribution >= 4 is 46.6 Å². The summed E-state index contributed by atoms with van der Waals surface area (Å²) in [6, 6.07) is 8.46. The molecule has 5 amide bonds. The summed E-state index contributed by atoms with van der Waals surface area (Å²) in [6.45, 7) is 6.61. The Morgan fingerprint density at radius 1 is 0.946 bits per heavy atom. The molecule has 2 unspecified atom stereocenters. The van der Waals surface area contributed by atoms with Crippen molar-refractivity contribution in [2.75, 3.05) is 60.9 Å². The summed E-state index contributed by atoms with van der Waals surface area (Å²) in [7, 11) is 0. The number of halogens is 3. The van der Waals surface area contributed by atoms with Gasteiger partial charge in [0.15, 0.2) is 5.60 Å². The number of aromatic nitrogens is 2. The van der Waals surface area contributed by atoms with E-state index in [0.29, 0.717) is 12.0 Å². The van der Waals surface area contributed by atoms with Crippen LogP contribution in [0.4, 0.5) is 30.2 Å². The monoisotopic (exact) mass is 775 g/mol. The van der Waals surface area contributed by atoms with E-state index in [-0.39, 0.29) is 36.2 Å². The standard InChI is InChI=1S/C38H40F3N9O6/c1-37(56,36(55)44-25-3-2-24(18-42)30(16-25)38(39,40)41)22-49-21-27(19-43-49)47-10-8-23(9-11-47)20-46-12-14-48(15-13-46)26-4-5-28-29(17-26)35(54)50(34(28)53)31-6-7-32(51)45-33(31)52/h2-5,16-17,19,21,23,31,56H,6-15,20,22H2,1H3,(H,44,55)(H,45,51,52). The quantitative estimate of drug-likeness (QED) is 0.272. The molecule has 0 bridgehead atoms. The minimum absolute atomic E-state index is 0.0627. The molecule has 3 fully saturated rings. The summed E-state index contributed by atoms with van der Waals surface area (Å²) in [5, 5.41) is 28.8. The lowest BCUT2D eigenvalue weighted by molar-refractivity contribution is -0.138. The maximum atomic E-state index is 13.4. The maximum Gasteiger partial charge on any atom is 0.417 e. The number of amides is 5. The molecule has 7 rings (SSSR count). The van der Waals surface area contributed by atoms with Crippen molar-refractivity contribution in [3.63, 3.8) is 0 Å². The number of nitrogens with zero attached hydrogens (tertiary/aromatic N) is 7. The van der Waals surface area contributed by atoms with Crippen molar-refractivity contribution in [3.05, 3.63) is 71.0 Å². The van der Waals surface area contributed by atoms with Crippen LogP contribution in [0.15, 0.2) is 48.8 Å². The van der Waals surface area contributed by atoms with Gasteiger partial charge in [0.25, 0.3) is 17.7 Å². The number of fused-ring (bicyclic) bond motifs is 1. The summed E-state index contributed by atoms with van der Waals surface area (Å²) in [5.74, 6) is -2.56. The van der Waals surface area contributed by atoms with Crippen LogP contribution >= 0.6 is 0 Å². The first-order valence-corrected chi connectivity index (χ1v) is 18.4. The van der Waals surface area contributed by atoms with Crippen LogP contribution in [-0.2, 0) is 27.1 Å². The van der Waals surface area contributed by atoms with Crippen LogP contribution < -0.4 is 20.4 Å².